The average Bonchev–Trinajstić information content (AvgIpc) is 2.05. The van der Waals surface area contributed by atoms with E-state index in [2.05, 4.69) is 30.5 Å². The summed E-state index contributed by atoms with van der Waals surface area (Å²) >= 11 is 0. The Morgan fingerprint density at radius 1 is 1.50 bits per heavy atom. The predicted molar refractivity (Wildman–Crippen MR) is 45.0 cm³/mol. The third kappa shape index (κ3) is 1.71. The van der Waals surface area contributed by atoms with Crippen LogP contribution in [-0.2, 0) is 0 Å². The maximum atomic E-state index is 3.22. The third-order valence-corrected chi connectivity index (χ3v) is 1.96. The van der Waals surface area contributed by atoms with E-state index in [9.17, 15) is 0 Å². The molecule has 0 aliphatic heterocycles. The minimum absolute atomic E-state index is 0.511. The number of nitrogens with one attached hydrogen (secondary N) is 1. The van der Waals surface area contributed by atoms with Crippen molar-refractivity contribution in [2.45, 2.75) is 25.8 Å². The fourth-order valence-corrected chi connectivity index (χ4v) is 1.12. The minimum Gasteiger partial charge on any atom is -0.313 e. The molecule has 10 heavy (non-hydrogen) atoms. The number of allylic oxidation sites excluding steroid dienone is 2. The van der Waals surface area contributed by atoms with E-state index in [0.717, 1.165) is 0 Å². The zero-order chi connectivity index (χ0) is 7.40. The van der Waals surface area contributed by atoms with Crippen molar-refractivity contribution in [1.29, 1.82) is 0 Å². The molecule has 0 heterocycles. The topological polar surface area (TPSA) is 12.0 Å². The van der Waals surface area contributed by atoms with Gasteiger partial charge in [0, 0.05) is 6.04 Å². The summed E-state index contributed by atoms with van der Waals surface area (Å²) in [6.45, 7) is 2.18. The summed E-state index contributed by atoms with van der Waals surface area (Å²) in [7, 11) is 1.99. The lowest BCUT2D eigenvalue weighted by atomic mass is 10.0. The van der Waals surface area contributed by atoms with Crippen LogP contribution in [-0.4, -0.2) is 13.1 Å². The van der Waals surface area contributed by atoms with Crippen molar-refractivity contribution in [3.05, 3.63) is 23.8 Å². The number of likely N-dealkylation sites (N-methyl/N-ethyl adjacent to an activating group) is 1. The highest BCUT2D eigenvalue weighted by atomic mass is 14.9. The summed E-state index contributed by atoms with van der Waals surface area (Å²) < 4.78 is 0. The number of hydrogen-bond acceptors (Lipinski definition) is 1. The quantitative estimate of drug-likeness (QED) is 0.612. The Kier molecular flexibility index (Phi) is 2.69. The molecule has 56 valence electrons. The summed E-state index contributed by atoms with van der Waals surface area (Å²) in [5.41, 5.74) is 1.42. The first-order valence-corrected chi connectivity index (χ1v) is 3.88. The lowest BCUT2D eigenvalue weighted by Crippen LogP contribution is -2.23. The van der Waals surface area contributed by atoms with Crippen LogP contribution < -0.4 is 5.32 Å². The standard InChI is InChI=1S/C9H15N/c1-8(10-2)9-6-4-3-5-7-9/h4,6-8,10H,3,5H2,1-2H3/t8-/m1/s1. The van der Waals surface area contributed by atoms with Gasteiger partial charge in [-0.2, -0.15) is 0 Å². The molecule has 0 amide bonds. The molecule has 0 saturated heterocycles. The summed E-state index contributed by atoms with van der Waals surface area (Å²) in [6.07, 6.45) is 9.17. The molecule has 0 aromatic rings. The molecule has 0 aromatic carbocycles. The first kappa shape index (κ1) is 7.55. The van der Waals surface area contributed by atoms with Gasteiger partial charge in [-0.3, -0.25) is 0 Å². The van der Waals surface area contributed by atoms with Gasteiger partial charge in [-0.15, -0.1) is 0 Å². The molecule has 1 atom stereocenters. The van der Waals surface area contributed by atoms with Crippen LogP contribution >= 0.6 is 0 Å². The zero-order valence-electron chi connectivity index (χ0n) is 6.72. The minimum atomic E-state index is 0.511. The first-order chi connectivity index (χ1) is 4.84. The van der Waals surface area contributed by atoms with Crippen LogP contribution in [0, 0.1) is 0 Å². The summed E-state index contributed by atoms with van der Waals surface area (Å²) in [5, 5.41) is 3.22. The van der Waals surface area contributed by atoms with Crippen molar-refractivity contribution in [3.63, 3.8) is 0 Å². The second-order valence-electron chi connectivity index (χ2n) is 2.69. The second kappa shape index (κ2) is 3.57. The maximum absolute atomic E-state index is 3.22. The van der Waals surface area contributed by atoms with Gasteiger partial charge < -0.3 is 5.32 Å². The highest BCUT2D eigenvalue weighted by Gasteiger charge is 2.03. The van der Waals surface area contributed by atoms with Crippen molar-refractivity contribution in [2.24, 2.45) is 0 Å². The number of rotatable bonds is 2. The smallest absolute Gasteiger partial charge is 0.0285 e. The third-order valence-electron chi connectivity index (χ3n) is 1.96. The Bertz CT molecular complexity index is 156. The maximum Gasteiger partial charge on any atom is 0.0285 e. The molecule has 0 bridgehead atoms. The van der Waals surface area contributed by atoms with E-state index in [1.54, 1.807) is 0 Å². The van der Waals surface area contributed by atoms with Gasteiger partial charge >= 0.3 is 0 Å². The molecule has 0 radical (unpaired) electrons. The Balaban J connectivity index is 2.54. The molecule has 0 fully saturated rings. The van der Waals surface area contributed by atoms with E-state index in [1.165, 1.54) is 18.4 Å². The van der Waals surface area contributed by atoms with Crippen molar-refractivity contribution < 1.29 is 0 Å². The highest BCUT2D eigenvalue weighted by Crippen LogP contribution is 2.12. The summed E-state index contributed by atoms with van der Waals surface area (Å²) in [4.78, 5) is 0. The van der Waals surface area contributed by atoms with E-state index in [-0.39, 0.29) is 0 Å². The Morgan fingerprint density at radius 3 is 2.80 bits per heavy atom. The molecule has 1 heteroatoms. The van der Waals surface area contributed by atoms with Crippen LogP contribution in [0.15, 0.2) is 23.8 Å². The van der Waals surface area contributed by atoms with Gasteiger partial charge in [-0.05, 0) is 32.4 Å². The lowest BCUT2D eigenvalue weighted by Gasteiger charge is -2.13. The monoisotopic (exact) mass is 137 g/mol. The van der Waals surface area contributed by atoms with Crippen molar-refractivity contribution in [1.82, 2.24) is 5.32 Å². The molecule has 0 saturated carbocycles. The van der Waals surface area contributed by atoms with Crippen molar-refractivity contribution in [2.75, 3.05) is 7.05 Å². The fraction of sp³-hybridized carbons (Fsp3) is 0.556. The van der Waals surface area contributed by atoms with Crippen LogP contribution in [0.1, 0.15) is 19.8 Å². The van der Waals surface area contributed by atoms with Gasteiger partial charge in [0.2, 0.25) is 0 Å². The van der Waals surface area contributed by atoms with Crippen LogP contribution in [0.4, 0.5) is 0 Å². The lowest BCUT2D eigenvalue weighted by molar-refractivity contribution is 0.697. The largest absolute Gasteiger partial charge is 0.313 e. The van der Waals surface area contributed by atoms with E-state index >= 15 is 0 Å². The van der Waals surface area contributed by atoms with Gasteiger partial charge in [-0.25, -0.2) is 0 Å². The molecule has 0 spiro atoms. The van der Waals surface area contributed by atoms with Crippen molar-refractivity contribution >= 4 is 0 Å². The van der Waals surface area contributed by atoms with E-state index in [1.807, 2.05) is 7.05 Å². The predicted octanol–water partition coefficient (Wildman–Crippen LogP) is 1.87. The second-order valence-corrected chi connectivity index (χ2v) is 2.69. The number of hydrogen-bond donors (Lipinski definition) is 1. The normalized spacial score (nSPS) is 20.4. The van der Waals surface area contributed by atoms with Gasteiger partial charge in [0.05, 0.1) is 0 Å². The van der Waals surface area contributed by atoms with Gasteiger partial charge in [-0.1, -0.05) is 18.2 Å². The highest BCUT2D eigenvalue weighted by molar-refractivity contribution is 5.26. The molecule has 0 aromatic heterocycles. The molecule has 1 aliphatic carbocycles. The first-order valence-electron chi connectivity index (χ1n) is 3.88. The van der Waals surface area contributed by atoms with Crippen LogP contribution in [0.2, 0.25) is 0 Å². The molecular formula is C9H15N. The van der Waals surface area contributed by atoms with E-state index in [0.29, 0.717) is 6.04 Å². The molecule has 1 aliphatic rings. The molecule has 1 nitrogen and oxygen atoms in total. The van der Waals surface area contributed by atoms with Gasteiger partial charge in [0.1, 0.15) is 0 Å². The summed E-state index contributed by atoms with van der Waals surface area (Å²) in [5.74, 6) is 0. The van der Waals surface area contributed by atoms with Crippen LogP contribution in [0.5, 0.6) is 0 Å². The van der Waals surface area contributed by atoms with Crippen molar-refractivity contribution in [3.8, 4) is 0 Å². The Labute approximate surface area is 62.8 Å². The van der Waals surface area contributed by atoms with Crippen LogP contribution in [0.3, 0.4) is 0 Å². The van der Waals surface area contributed by atoms with Crippen LogP contribution in [0.25, 0.3) is 0 Å². The fourth-order valence-electron chi connectivity index (χ4n) is 1.12. The Hall–Kier alpha value is -0.560. The Morgan fingerprint density at radius 2 is 2.30 bits per heavy atom. The molecule has 1 N–H and O–H groups in total. The van der Waals surface area contributed by atoms with E-state index < -0.39 is 0 Å². The molecular weight excluding hydrogens is 122 g/mol. The average molecular weight is 137 g/mol. The van der Waals surface area contributed by atoms with Gasteiger partial charge in [0.25, 0.3) is 0 Å². The summed E-state index contributed by atoms with van der Waals surface area (Å²) in [6, 6.07) is 0.511. The van der Waals surface area contributed by atoms with Gasteiger partial charge in [0.15, 0.2) is 0 Å². The molecule has 1 rings (SSSR count). The van der Waals surface area contributed by atoms with E-state index in [4.69, 9.17) is 0 Å². The molecule has 0 unspecified atom stereocenters. The SMILES string of the molecule is CN[C@H](C)C1=CCCC=C1. The zero-order valence-corrected chi connectivity index (χ0v) is 6.72.